The van der Waals surface area contributed by atoms with Gasteiger partial charge in [0.1, 0.15) is 6.20 Å². The number of thiazole rings is 1. The number of aromatic nitrogens is 1. The van der Waals surface area contributed by atoms with Gasteiger partial charge in [-0.25, -0.2) is 4.98 Å². The molecule has 0 aromatic carbocycles. The Hall–Kier alpha value is -0.370. The maximum atomic E-state index is 4.17. The minimum Gasteiger partial charge on any atom is -0.239 e. The highest BCUT2D eigenvalue weighted by molar-refractivity contribution is 7.11. The fraction of sp³-hybridized carbons (Fsp3) is 0.571. The quantitative estimate of drug-likeness (QED) is 0.579. The van der Waals surface area contributed by atoms with E-state index in [2.05, 4.69) is 18.1 Å². The van der Waals surface area contributed by atoms with Crippen molar-refractivity contribution in [2.24, 2.45) is 0 Å². The van der Waals surface area contributed by atoms with E-state index in [4.69, 9.17) is 0 Å². The van der Waals surface area contributed by atoms with Crippen molar-refractivity contribution >= 4 is 11.3 Å². The van der Waals surface area contributed by atoms with Crippen LogP contribution in [-0.2, 0) is 0 Å². The smallest absolute Gasteiger partial charge is 0.104 e. The molecule has 0 amide bonds. The number of aryl methyl sites for hydroxylation is 1. The number of rotatable bonds is 1. The monoisotopic (exact) mass is 138 g/mol. The first-order chi connectivity index (χ1) is 4.36. The first-order valence-electron chi connectivity index (χ1n) is 3.21. The fourth-order valence-corrected chi connectivity index (χ4v) is 1.74. The maximum absolute atomic E-state index is 4.17. The SMILES string of the molecule is Cc1[c]nc(C2CC2)s1. The highest BCUT2D eigenvalue weighted by Gasteiger charge is 2.26. The van der Waals surface area contributed by atoms with Crippen molar-refractivity contribution < 1.29 is 0 Å². The molecule has 1 saturated carbocycles. The van der Waals surface area contributed by atoms with Gasteiger partial charge in [0.05, 0.1) is 5.01 Å². The lowest BCUT2D eigenvalue weighted by molar-refractivity contribution is 1.08. The van der Waals surface area contributed by atoms with Gasteiger partial charge in [0, 0.05) is 10.8 Å². The molecule has 9 heavy (non-hydrogen) atoms. The molecule has 2 rings (SSSR count). The van der Waals surface area contributed by atoms with Crippen LogP contribution in [0.25, 0.3) is 0 Å². The van der Waals surface area contributed by atoms with Crippen molar-refractivity contribution in [1.29, 1.82) is 0 Å². The van der Waals surface area contributed by atoms with Crippen LogP contribution in [0.3, 0.4) is 0 Å². The van der Waals surface area contributed by atoms with Gasteiger partial charge in [-0.3, -0.25) is 0 Å². The zero-order valence-electron chi connectivity index (χ0n) is 5.35. The Morgan fingerprint density at radius 3 is 2.89 bits per heavy atom. The van der Waals surface area contributed by atoms with Crippen molar-refractivity contribution in [3.05, 3.63) is 16.1 Å². The van der Waals surface area contributed by atoms with Crippen molar-refractivity contribution in [3.63, 3.8) is 0 Å². The van der Waals surface area contributed by atoms with E-state index in [0.717, 1.165) is 5.92 Å². The van der Waals surface area contributed by atoms with E-state index >= 15 is 0 Å². The van der Waals surface area contributed by atoms with Crippen molar-refractivity contribution in [1.82, 2.24) is 4.98 Å². The standard InChI is InChI=1S/C7H8NS/c1-5-4-8-7(9-5)6-2-3-6/h6H,2-3H2,1H3. The van der Waals surface area contributed by atoms with Gasteiger partial charge in [0.15, 0.2) is 0 Å². The summed E-state index contributed by atoms with van der Waals surface area (Å²) in [5.41, 5.74) is 0. The molecular formula is C7H8NS. The first-order valence-corrected chi connectivity index (χ1v) is 4.03. The topological polar surface area (TPSA) is 12.9 Å². The third-order valence-electron chi connectivity index (χ3n) is 1.51. The molecule has 0 saturated heterocycles. The lowest BCUT2D eigenvalue weighted by atomic mass is 10.5. The molecule has 1 fully saturated rings. The van der Waals surface area contributed by atoms with E-state index in [-0.39, 0.29) is 0 Å². The summed E-state index contributed by atoms with van der Waals surface area (Å²) in [4.78, 5) is 5.39. The van der Waals surface area contributed by atoms with E-state index in [0.29, 0.717) is 0 Å². The van der Waals surface area contributed by atoms with Crippen LogP contribution >= 0.6 is 11.3 Å². The van der Waals surface area contributed by atoms with Gasteiger partial charge in [-0.15, -0.1) is 11.3 Å². The van der Waals surface area contributed by atoms with Gasteiger partial charge in [-0.05, 0) is 19.8 Å². The van der Waals surface area contributed by atoms with Crippen LogP contribution in [0.4, 0.5) is 0 Å². The summed E-state index contributed by atoms with van der Waals surface area (Å²) in [6.45, 7) is 2.06. The Morgan fingerprint density at radius 1 is 1.67 bits per heavy atom. The molecule has 47 valence electrons. The molecule has 1 radical (unpaired) electrons. The lowest BCUT2D eigenvalue weighted by Crippen LogP contribution is -1.70. The summed E-state index contributed by atoms with van der Waals surface area (Å²) >= 11 is 1.79. The molecule has 0 atom stereocenters. The van der Waals surface area contributed by atoms with Crippen molar-refractivity contribution in [2.75, 3.05) is 0 Å². The minimum atomic E-state index is 0.806. The zero-order valence-corrected chi connectivity index (χ0v) is 6.16. The van der Waals surface area contributed by atoms with Gasteiger partial charge in [-0.1, -0.05) is 0 Å². The molecule has 1 aliphatic carbocycles. The molecule has 1 aromatic rings. The van der Waals surface area contributed by atoms with Crippen LogP contribution in [0.1, 0.15) is 28.6 Å². The average Bonchev–Trinajstić information content (AvgIpc) is 2.58. The number of hydrogen-bond acceptors (Lipinski definition) is 2. The second-order valence-electron chi connectivity index (χ2n) is 2.49. The Bertz CT molecular complexity index is 212. The summed E-state index contributed by atoms with van der Waals surface area (Å²) in [5.74, 6) is 0.806. The molecule has 0 bridgehead atoms. The molecule has 2 heteroatoms. The van der Waals surface area contributed by atoms with Gasteiger partial charge < -0.3 is 0 Å². The average molecular weight is 138 g/mol. The Balaban J connectivity index is 2.28. The Labute approximate surface area is 58.7 Å². The predicted octanol–water partition coefficient (Wildman–Crippen LogP) is 2.13. The molecule has 0 aliphatic heterocycles. The molecule has 0 N–H and O–H groups in total. The van der Waals surface area contributed by atoms with Gasteiger partial charge >= 0.3 is 0 Å². The first kappa shape index (κ1) is 5.42. The van der Waals surface area contributed by atoms with Crippen LogP contribution in [0.2, 0.25) is 0 Å². The summed E-state index contributed by atoms with van der Waals surface area (Å²) in [6.07, 6.45) is 5.65. The normalized spacial score (nSPS) is 18.3. The van der Waals surface area contributed by atoms with Crippen LogP contribution < -0.4 is 0 Å². The van der Waals surface area contributed by atoms with Crippen molar-refractivity contribution in [3.8, 4) is 0 Å². The molecule has 1 heterocycles. The number of hydrogen-bond donors (Lipinski definition) is 0. The van der Waals surface area contributed by atoms with Crippen molar-refractivity contribution in [2.45, 2.75) is 25.7 Å². The highest BCUT2D eigenvalue weighted by atomic mass is 32.1. The second-order valence-corrected chi connectivity index (χ2v) is 3.73. The molecule has 0 unspecified atom stereocenters. The molecule has 1 nitrogen and oxygen atoms in total. The molecule has 1 aromatic heterocycles. The maximum Gasteiger partial charge on any atom is 0.104 e. The second kappa shape index (κ2) is 1.81. The van der Waals surface area contributed by atoms with Crippen LogP contribution in [0.15, 0.2) is 0 Å². The van der Waals surface area contributed by atoms with Gasteiger partial charge in [0.25, 0.3) is 0 Å². The summed E-state index contributed by atoms with van der Waals surface area (Å²) in [5, 5.41) is 1.30. The van der Waals surface area contributed by atoms with E-state index in [9.17, 15) is 0 Å². The van der Waals surface area contributed by atoms with Gasteiger partial charge in [-0.2, -0.15) is 0 Å². The summed E-state index contributed by atoms with van der Waals surface area (Å²) in [7, 11) is 0. The Morgan fingerprint density at radius 2 is 2.44 bits per heavy atom. The van der Waals surface area contributed by atoms with E-state index in [1.807, 2.05) is 0 Å². The number of nitrogens with zero attached hydrogens (tertiary/aromatic N) is 1. The minimum absolute atomic E-state index is 0.806. The van der Waals surface area contributed by atoms with E-state index < -0.39 is 0 Å². The zero-order chi connectivity index (χ0) is 6.27. The lowest BCUT2D eigenvalue weighted by Gasteiger charge is -1.81. The van der Waals surface area contributed by atoms with E-state index in [1.54, 1.807) is 11.3 Å². The van der Waals surface area contributed by atoms with Gasteiger partial charge in [0.2, 0.25) is 0 Å². The van der Waals surface area contributed by atoms with Crippen LogP contribution in [0, 0.1) is 13.1 Å². The summed E-state index contributed by atoms with van der Waals surface area (Å²) in [6, 6.07) is 0. The fourth-order valence-electron chi connectivity index (χ4n) is 0.841. The van der Waals surface area contributed by atoms with Crippen LogP contribution in [0.5, 0.6) is 0 Å². The molecular weight excluding hydrogens is 130 g/mol. The largest absolute Gasteiger partial charge is 0.239 e. The van der Waals surface area contributed by atoms with Crippen LogP contribution in [-0.4, -0.2) is 4.98 Å². The molecule has 0 spiro atoms. The van der Waals surface area contributed by atoms with E-state index in [1.165, 1.54) is 22.7 Å². The predicted molar refractivity (Wildman–Crippen MR) is 37.7 cm³/mol. The third kappa shape index (κ3) is 0.990. The summed E-state index contributed by atoms with van der Waals surface area (Å²) < 4.78 is 0. The highest BCUT2D eigenvalue weighted by Crippen LogP contribution is 2.41. The third-order valence-corrected chi connectivity index (χ3v) is 2.54. The molecule has 1 aliphatic rings. The Kier molecular flexibility index (Phi) is 1.09.